The molecule has 0 unspecified atom stereocenters. The molecule has 0 aromatic heterocycles. The van der Waals surface area contributed by atoms with Crippen molar-refractivity contribution < 1.29 is 9.59 Å². The molecule has 1 rings (SSSR count). The second-order valence-corrected chi connectivity index (χ2v) is 3.07. The zero-order valence-corrected chi connectivity index (χ0v) is 7.02. The number of hydrogen-bond acceptors (Lipinski definition) is 2. The molecule has 1 heterocycles. The number of urea groups is 1. The molecule has 4 nitrogen and oxygen atoms in total. The van der Waals surface area contributed by atoms with Crippen molar-refractivity contribution in [1.82, 2.24) is 10.6 Å². The second kappa shape index (κ2) is 2.97. The van der Waals surface area contributed by atoms with E-state index >= 15 is 0 Å². The molecule has 4 heteroatoms. The monoisotopic (exact) mass is 168 g/mol. The SMILES string of the molecule is C=CCC[C@@]1(C)NC(=O)NC1=O. The minimum absolute atomic E-state index is 0.255. The quantitative estimate of drug-likeness (QED) is 0.477. The lowest BCUT2D eigenvalue weighted by Gasteiger charge is -2.18. The molecule has 1 fully saturated rings. The van der Waals surface area contributed by atoms with Gasteiger partial charge in [0.1, 0.15) is 5.54 Å². The van der Waals surface area contributed by atoms with E-state index in [9.17, 15) is 9.59 Å². The molecule has 0 radical (unpaired) electrons. The minimum atomic E-state index is -0.745. The summed E-state index contributed by atoms with van der Waals surface area (Å²) in [5.41, 5.74) is -0.745. The van der Waals surface area contributed by atoms with Gasteiger partial charge in [0.05, 0.1) is 0 Å². The molecular weight excluding hydrogens is 156 g/mol. The standard InChI is InChI=1S/C8H12N2O2/c1-3-4-5-8(2)6(11)9-7(12)10-8/h3H,1,4-5H2,2H3,(H2,9,10,11,12)/t8-/m1/s1. The minimum Gasteiger partial charge on any atom is -0.324 e. The van der Waals surface area contributed by atoms with Gasteiger partial charge in [-0.2, -0.15) is 0 Å². The summed E-state index contributed by atoms with van der Waals surface area (Å²) in [6.45, 7) is 5.26. The Kier molecular flexibility index (Phi) is 2.17. The van der Waals surface area contributed by atoms with Crippen molar-refractivity contribution in [2.24, 2.45) is 0 Å². The van der Waals surface area contributed by atoms with Gasteiger partial charge in [-0.3, -0.25) is 10.1 Å². The molecule has 1 atom stereocenters. The molecule has 12 heavy (non-hydrogen) atoms. The molecule has 3 amide bonds. The van der Waals surface area contributed by atoms with E-state index < -0.39 is 11.6 Å². The van der Waals surface area contributed by atoms with Crippen LogP contribution in [0.3, 0.4) is 0 Å². The first-order chi connectivity index (χ1) is 5.58. The Balaban J connectivity index is 2.64. The van der Waals surface area contributed by atoms with Gasteiger partial charge in [0.15, 0.2) is 0 Å². The Morgan fingerprint density at radius 1 is 1.58 bits per heavy atom. The maximum Gasteiger partial charge on any atom is 0.322 e. The average Bonchev–Trinajstić information content (AvgIpc) is 2.23. The van der Waals surface area contributed by atoms with Crippen LogP contribution in [-0.2, 0) is 4.79 Å². The Labute approximate surface area is 71.0 Å². The van der Waals surface area contributed by atoms with Crippen LogP contribution in [0.25, 0.3) is 0 Å². The molecule has 1 aliphatic heterocycles. The van der Waals surface area contributed by atoms with E-state index in [2.05, 4.69) is 17.2 Å². The van der Waals surface area contributed by atoms with E-state index in [0.717, 1.165) is 0 Å². The number of nitrogens with one attached hydrogen (secondary N) is 2. The summed E-state index contributed by atoms with van der Waals surface area (Å²) in [5, 5.41) is 4.76. The first-order valence-electron chi connectivity index (χ1n) is 3.83. The normalized spacial score (nSPS) is 28.1. The maximum absolute atomic E-state index is 11.2. The molecule has 0 aromatic carbocycles. The zero-order chi connectivity index (χ0) is 9.19. The number of imide groups is 1. The molecule has 0 bridgehead atoms. The van der Waals surface area contributed by atoms with Crippen LogP contribution in [0.4, 0.5) is 4.79 Å². The number of rotatable bonds is 3. The molecule has 2 N–H and O–H groups in total. The Bertz CT molecular complexity index is 237. The van der Waals surface area contributed by atoms with E-state index in [-0.39, 0.29) is 5.91 Å². The highest BCUT2D eigenvalue weighted by atomic mass is 16.2. The lowest BCUT2D eigenvalue weighted by Crippen LogP contribution is -2.43. The van der Waals surface area contributed by atoms with Crippen LogP contribution in [0, 0.1) is 0 Å². The zero-order valence-electron chi connectivity index (χ0n) is 7.02. The summed E-state index contributed by atoms with van der Waals surface area (Å²) in [6.07, 6.45) is 3.03. The topological polar surface area (TPSA) is 58.2 Å². The highest BCUT2D eigenvalue weighted by Crippen LogP contribution is 2.16. The van der Waals surface area contributed by atoms with Crippen LogP contribution in [0.15, 0.2) is 12.7 Å². The fourth-order valence-electron chi connectivity index (χ4n) is 1.15. The lowest BCUT2D eigenvalue weighted by molar-refractivity contribution is -0.123. The van der Waals surface area contributed by atoms with Crippen molar-refractivity contribution in [1.29, 1.82) is 0 Å². The molecule has 0 spiro atoms. The summed E-state index contributed by atoms with van der Waals surface area (Å²) in [5.74, 6) is -0.255. The summed E-state index contributed by atoms with van der Waals surface area (Å²) < 4.78 is 0. The van der Waals surface area contributed by atoms with Gasteiger partial charge in [-0.25, -0.2) is 4.79 Å². The van der Waals surface area contributed by atoms with Crippen molar-refractivity contribution in [2.75, 3.05) is 0 Å². The van der Waals surface area contributed by atoms with E-state index in [1.807, 2.05) is 0 Å². The van der Waals surface area contributed by atoms with E-state index in [4.69, 9.17) is 0 Å². The molecule has 0 aromatic rings. The predicted octanol–water partition coefficient (Wildman–Crippen LogP) is 0.551. The molecule has 1 saturated heterocycles. The van der Waals surface area contributed by atoms with Crippen LogP contribution in [0.1, 0.15) is 19.8 Å². The van der Waals surface area contributed by atoms with Gasteiger partial charge < -0.3 is 5.32 Å². The number of hydrogen-bond donors (Lipinski definition) is 2. The van der Waals surface area contributed by atoms with Gasteiger partial charge in [-0.05, 0) is 19.8 Å². The third-order valence-corrected chi connectivity index (χ3v) is 1.97. The Morgan fingerprint density at radius 3 is 2.67 bits per heavy atom. The van der Waals surface area contributed by atoms with Crippen LogP contribution in [0.5, 0.6) is 0 Å². The van der Waals surface area contributed by atoms with E-state index in [0.29, 0.717) is 12.8 Å². The van der Waals surface area contributed by atoms with Gasteiger partial charge in [-0.1, -0.05) is 6.08 Å². The smallest absolute Gasteiger partial charge is 0.322 e. The third kappa shape index (κ3) is 1.47. The van der Waals surface area contributed by atoms with Crippen LogP contribution < -0.4 is 10.6 Å². The molecule has 0 aliphatic carbocycles. The predicted molar refractivity (Wildman–Crippen MR) is 44.5 cm³/mol. The molecule has 1 aliphatic rings. The third-order valence-electron chi connectivity index (χ3n) is 1.97. The highest BCUT2D eigenvalue weighted by molar-refractivity contribution is 6.06. The van der Waals surface area contributed by atoms with E-state index in [1.54, 1.807) is 13.0 Å². The molecular formula is C8H12N2O2. The summed E-state index contributed by atoms with van der Waals surface area (Å²) in [7, 11) is 0. The number of allylic oxidation sites excluding steroid dienone is 1. The first-order valence-corrected chi connectivity index (χ1v) is 3.83. The first kappa shape index (κ1) is 8.77. The van der Waals surface area contributed by atoms with Crippen LogP contribution in [-0.4, -0.2) is 17.5 Å². The fraction of sp³-hybridized carbons (Fsp3) is 0.500. The van der Waals surface area contributed by atoms with Crippen molar-refractivity contribution >= 4 is 11.9 Å². The van der Waals surface area contributed by atoms with Crippen LogP contribution >= 0.6 is 0 Å². The lowest BCUT2D eigenvalue weighted by atomic mass is 9.96. The molecule has 0 saturated carbocycles. The number of amides is 3. The Morgan fingerprint density at radius 2 is 2.25 bits per heavy atom. The largest absolute Gasteiger partial charge is 0.324 e. The van der Waals surface area contributed by atoms with Gasteiger partial charge in [0, 0.05) is 0 Å². The van der Waals surface area contributed by atoms with Crippen molar-refractivity contribution in [2.45, 2.75) is 25.3 Å². The van der Waals surface area contributed by atoms with Gasteiger partial charge in [0.2, 0.25) is 0 Å². The van der Waals surface area contributed by atoms with Crippen molar-refractivity contribution in [3.8, 4) is 0 Å². The fourth-order valence-corrected chi connectivity index (χ4v) is 1.15. The van der Waals surface area contributed by atoms with Crippen molar-refractivity contribution in [3.63, 3.8) is 0 Å². The number of carbonyl (C=O) groups is 2. The molecule has 66 valence electrons. The maximum atomic E-state index is 11.2. The van der Waals surface area contributed by atoms with Gasteiger partial charge in [-0.15, -0.1) is 6.58 Å². The van der Waals surface area contributed by atoms with Crippen LogP contribution in [0.2, 0.25) is 0 Å². The second-order valence-electron chi connectivity index (χ2n) is 3.07. The summed E-state index contributed by atoms with van der Waals surface area (Å²) >= 11 is 0. The Hall–Kier alpha value is -1.32. The highest BCUT2D eigenvalue weighted by Gasteiger charge is 2.40. The average molecular weight is 168 g/mol. The van der Waals surface area contributed by atoms with Gasteiger partial charge >= 0.3 is 6.03 Å². The van der Waals surface area contributed by atoms with Crippen molar-refractivity contribution in [3.05, 3.63) is 12.7 Å². The summed E-state index contributed by atoms with van der Waals surface area (Å²) in [4.78, 5) is 21.9. The van der Waals surface area contributed by atoms with E-state index in [1.165, 1.54) is 0 Å². The number of carbonyl (C=O) groups excluding carboxylic acids is 2. The summed E-state index contributed by atoms with van der Waals surface area (Å²) in [6, 6.07) is -0.411. The van der Waals surface area contributed by atoms with Gasteiger partial charge in [0.25, 0.3) is 5.91 Å².